The molecule has 10 N–H and O–H groups in total. The lowest BCUT2D eigenvalue weighted by Crippen LogP contribution is -2.57. The largest absolute Gasteiger partial charge is 0.481 e. The van der Waals surface area contributed by atoms with Crippen LogP contribution in [0.25, 0.3) is 22.3 Å². The van der Waals surface area contributed by atoms with E-state index in [-0.39, 0.29) is 125 Å². The van der Waals surface area contributed by atoms with Crippen molar-refractivity contribution < 1.29 is 89.9 Å². The number of aliphatic carboxylic acids is 1. The lowest BCUT2D eigenvalue weighted by atomic mass is 9.85. The first-order valence-electron chi connectivity index (χ1n) is 37.0. The number of likely N-dealkylation sites (tertiary alicyclic amines) is 1. The van der Waals surface area contributed by atoms with Gasteiger partial charge in [0, 0.05) is 71.9 Å². The van der Waals surface area contributed by atoms with E-state index < -0.39 is 124 Å². The Morgan fingerprint density at radius 1 is 0.721 bits per heavy atom. The molecule has 33 nitrogen and oxygen atoms in total. The van der Waals surface area contributed by atoms with Gasteiger partial charge in [0.1, 0.15) is 24.7 Å². The standard InChI is InChI=1S/C77H97N13O20S/c1-8-29-78-74(100)82-51-18-14-20-53(41-51)111(103,104)87-52-19-13-17-48(40-52)60(43-65(92)93)85-76(102)81-50-26-24-49(25-27-50)80-75(101)79-30-35-106-37-39-107-38-36-105-34-28-64(91)83-61(44-66(94)108-33-16-31-88(6)7)71(97)89-32-15-23-62(89)69(95)86-67(47(4)5)72(98)110-77(10-3)58-42-63-68-56(45-90(63)70(96)57(58)46-109-73(77)99)54(9-2)55-21-11-12-22-59(55)84-68/h11-14,17-22,24-27,40-42,47,60-62,67,87H,8-10,15-16,23,28-39,43-46H2,1-7H3,(H,83,91)(H,86,95)(H,92,93)(H2,78,82,100)(H2,79,80,101)(H2,81,85,102)/t60-,61+,62+,67+,77+/m1/s1. The molecule has 6 aromatic rings. The predicted octanol–water partition coefficient (Wildman–Crippen LogP) is 6.63. The number of sulfonamides is 1. The number of aryl methyl sites for hydroxylation is 1. The maximum atomic E-state index is 14.6. The molecule has 4 aromatic carbocycles. The maximum absolute atomic E-state index is 14.6. The Labute approximate surface area is 642 Å². The SMILES string of the molecule is CCCNC(=O)Nc1cccc(S(=O)(=O)Nc2cccc([C@@H](CC(=O)O)NC(=O)Nc3ccc(NC(=O)NCCOCCOCCOCCC(=O)N[C@@H](CC(=O)OCCCN(C)C)C(=O)N4CCC[C@H]4C(=O)N[C@H](C(=O)O[C@]4(CC)C(=O)OCc5c4cc4n(c5=O)Cc5c-4nc4ccccc4c5CC)C(C)C)cc3)c2)c1. The molecule has 34 heteroatoms. The number of para-hydroxylation sites is 1. The number of cyclic esters (lactones) is 1. The zero-order valence-electron chi connectivity index (χ0n) is 63.2. The minimum Gasteiger partial charge on any atom is -0.481 e. The van der Waals surface area contributed by atoms with Crippen molar-refractivity contribution in [2.75, 3.05) is 107 Å². The van der Waals surface area contributed by atoms with E-state index in [2.05, 4.69) is 47.3 Å². The van der Waals surface area contributed by atoms with Gasteiger partial charge in [0.15, 0.2) is 0 Å². The van der Waals surface area contributed by atoms with Crippen LogP contribution in [-0.2, 0) is 97.2 Å². The molecule has 0 bridgehead atoms. The van der Waals surface area contributed by atoms with E-state index in [1.165, 1.54) is 77.7 Å². The topological polar surface area (TPSA) is 430 Å². The molecule has 2 aromatic heterocycles. The molecule has 0 unspecified atom stereocenters. The number of pyridine rings is 2. The van der Waals surface area contributed by atoms with Crippen LogP contribution >= 0.6 is 0 Å². The normalized spacial score (nSPS) is 15.7. The number of carboxylic acids is 1. The first-order valence-corrected chi connectivity index (χ1v) is 38.4. The van der Waals surface area contributed by atoms with Crippen molar-refractivity contribution in [1.29, 1.82) is 0 Å². The first-order chi connectivity index (χ1) is 53.2. The van der Waals surface area contributed by atoms with Crippen LogP contribution in [0.15, 0.2) is 113 Å². The van der Waals surface area contributed by atoms with E-state index >= 15 is 0 Å². The third-order valence-electron chi connectivity index (χ3n) is 18.7. The highest BCUT2D eigenvalue weighted by atomic mass is 32.2. The molecular weight excluding hydrogens is 1460 g/mol. The fourth-order valence-electron chi connectivity index (χ4n) is 13.1. The molecule has 0 spiro atoms. The predicted molar refractivity (Wildman–Crippen MR) is 409 cm³/mol. The van der Waals surface area contributed by atoms with Gasteiger partial charge < -0.3 is 90.4 Å². The second-order valence-corrected chi connectivity index (χ2v) is 29.0. The maximum Gasteiger partial charge on any atom is 0.355 e. The number of carboxylic acid groups (broad SMARTS) is 1. The number of urea groups is 3. The van der Waals surface area contributed by atoms with Gasteiger partial charge in [-0.3, -0.25) is 33.5 Å². The van der Waals surface area contributed by atoms with Gasteiger partial charge in [0.2, 0.25) is 23.3 Å². The van der Waals surface area contributed by atoms with E-state index in [4.69, 9.17) is 33.4 Å². The quantitative estimate of drug-likeness (QED) is 0.0110. The zero-order valence-corrected chi connectivity index (χ0v) is 64.0. The van der Waals surface area contributed by atoms with Gasteiger partial charge in [0.05, 0.1) is 99.0 Å². The van der Waals surface area contributed by atoms with Gasteiger partial charge in [-0.15, -0.1) is 0 Å². The summed E-state index contributed by atoms with van der Waals surface area (Å²) in [5.41, 5.74) is 2.79. The lowest BCUT2D eigenvalue weighted by Gasteiger charge is -2.37. The van der Waals surface area contributed by atoms with Crippen molar-refractivity contribution in [2.24, 2.45) is 5.92 Å². The number of esters is 3. The Balaban J connectivity index is 0.687. The minimum atomic E-state index is -4.19. The van der Waals surface area contributed by atoms with Crippen molar-refractivity contribution in [2.45, 2.75) is 140 Å². The van der Waals surface area contributed by atoms with E-state index in [9.17, 15) is 66.3 Å². The fraction of sp³-hybridized carbons (Fsp3) is 0.455. The van der Waals surface area contributed by atoms with Crippen LogP contribution in [0.5, 0.6) is 0 Å². The molecule has 1 saturated heterocycles. The molecule has 5 heterocycles. The number of hydrogen-bond acceptors (Lipinski definition) is 21. The van der Waals surface area contributed by atoms with Crippen molar-refractivity contribution in [1.82, 2.24) is 45.9 Å². The van der Waals surface area contributed by atoms with Crippen molar-refractivity contribution in [3.05, 3.63) is 141 Å². The number of anilines is 4. The Bertz CT molecular complexity index is 4560. The highest BCUT2D eigenvalue weighted by molar-refractivity contribution is 7.92. The summed E-state index contributed by atoms with van der Waals surface area (Å²) in [5.74, 6) is -6.58. The summed E-state index contributed by atoms with van der Waals surface area (Å²) in [4.78, 5) is 157. The summed E-state index contributed by atoms with van der Waals surface area (Å²) < 4.78 is 64.9. The number of nitrogens with zero attached hydrogens (tertiary/aromatic N) is 4. The Morgan fingerprint density at radius 2 is 1.39 bits per heavy atom. The molecule has 3 aliphatic heterocycles. The van der Waals surface area contributed by atoms with Gasteiger partial charge in [-0.05, 0) is 136 Å². The van der Waals surface area contributed by atoms with Crippen LogP contribution in [0.3, 0.4) is 0 Å². The number of fused-ring (bicyclic) bond motifs is 5. The number of rotatable bonds is 39. The third-order valence-corrected chi connectivity index (χ3v) is 20.1. The van der Waals surface area contributed by atoms with Gasteiger partial charge in [0.25, 0.3) is 15.6 Å². The summed E-state index contributed by atoms with van der Waals surface area (Å²) in [7, 11) is -0.461. The molecule has 1 fully saturated rings. The van der Waals surface area contributed by atoms with Gasteiger partial charge >= 0.3 is 42.0 Å². The van der Waals surface area contributed by atoms with Gasteiger partial charge in [-0.25, -0.2) is 37.4 Å². The van der Waals surface area contributed by atoms with Crippen molar-refractivity contribution >= 4 is 103 Å². The molecule has 9 rings (SSSR count). The zero-order chi connectivity index (χ0) is 79.9. The first kappa shape index (κ1) is 84.0. The monoisotopic (exact) mass is 1560 g/mol. The van der Waals surface area contributed by atoms with E-state index in [1.54, 1.807) is 31.4 Å². The summed E-state index contributed by atoms with van der Waals surface area (Å²) in [6.07, 6.45) is 0.961. The summed E-state index contributed by atoms with van der Waals surface area (Å²) in [6, 6.07) is 20.0. The molecule has 5 atom stereocenters. The molecule has 596 valence electrons. The van der Waals surface area contributed by atoms with Gasteiger partial charge in [-0.1, -0.05) is 71.0 Å². The average molecular weight is 1560 g/mol. The molecule has 111 heavy (non-hydrogen) atoms. The Hall–Kier alpha value is -11.1. The molecular formula is C77H97N13O20S. The van der Waals surface area contributed by atoms with Crippen LogP contribution < -0.4 is 52.8 Å². The van der Waals surface area contributed by atoms with E-state index in [0.29, 0.717) is 61.5 Å². The van der Waals surface area contributed by atoms with Crippen LogP contribution in [0.1, 0.15) is 120 Å². The Morgan fingerprint density at radius 3 is 2.07 bits per heavy atom. The highest BCUT2D eigenvalue weighted by Gasteiger charge is 2.52. The average Bonchev–Trinajstić information content (AvgIpc) is 1.04. The lowest BCUT2D eigenvalue weighted by molar-refractivity contribution is -0.191. The number of benzene rings is 4. The molecule has 0 saturated carbocycles. The fourth-order valence-corrected chi connectivity index (χ4v) is 14.2. The van der Waals surface area contributed by atoms with Crippen LogP contribution in [0.2, 0.25) is 0 Å². The van der Waals surface area contributed by atoms with Gasteiger partial charge in [-0.2, -0.15) is 0 Å². The third kappa shape index (κ3) is 22.4. The number of carbonyl (C=O) groups excluding carboxylic acids is 9. The number of nitrogens with one attached hydrogen (secondary N) is 9. The second-order valence-electron chi connectivity index (χ2n) is 27.3. The van der Waals surface area contributed by atoms with E-state index in [0.717, 1.165) is 22.0 Å². The molecule has 9 amide bonds. The van der Waals surface area contributed by atoms with Crippen LogP contribution in [0, 0.1) is 5.92 Å². The number of amides is 9. The minimum absolute atomic E-state index is 0.0502. The van der Waals surface area contributed by atoms with Crippen molar-refractivity contribution in [3.8, 4) is 11.4 Å². The number of hydrogen-bond donors (Lipinski definition) is 10. The number of aromatic nitrogens is 2. The second kappa shape index (κ2) is 39.5. The molecule has 0 radical (unpaired) electrons. The summed E-state index contributed by atoms with van der Waals surface area (Å²) >= 11 is 0. The Kier molecular flexibility index (Phi) is 29.9. The van der Waals surface area contributed by atoms with E-state index in [1.807, 2.05) is 57.1 Å². The summed E-state index contributed by atoms with van der Waals surface area (Å²) in [5, 5.41) is 31.9. The smallest absolute Gasteiger partial charge is 0.355 e. The summed E-state index contributed by atoms with van der Waals surface area (Å²) in [6.45, 7) is 10.7. The van der Waals surface area contributed by atoms with Crippen LogP contribution in [0.4, 0.5) is 37.1 Å². The molecule has 0 aliphatic carbocycles. The van der Waals surface area contributed by atoms with Crippen molar-refractivity contribution in [3.63, 3.8) is 0 Å². The van der Waals surface area contributed by atoms with Crippen LogP contribution in [-0.4, -0.2) is 197 Å². The highest BCUT2D eigenvalue weighted by Crippen LogP contribution is 2.43. The molecule has 3 aliphatic rings. The number of ether oxygens (including phenoxy) is 6. The number of carbonyl (C=O) groups is 10.